The van der Waals surface area contributed by atoms with Crippen molar-refractivity contribution in [2.75, 3.05) is 0 Å². The zero-order valence-corrected chi connectivity index (χ0v) is 31.7. The molecule has 0 bridgehead atoms. The second-order valence-corrected chi connectivity index (χ2v) is 14.4. The van der Waals surface area contributed by atoms with Crippen molar-refractivity contribution >= 4 is 44.0 Å². The summed E-state index contributed by atoms with van der Waals surface area (Å²) in [5, 5.41) is 14.3. The standard InChI is InChI=1S/C45H35N4O2.Pt/c1-26-19-27(2)21-28(20-26)29-22-30(24-32(23-29)49-37-14-8-6-11-33(37)34-13-10-18-46-44(34)49)40-42-41(35-12-7-9-15-39(35)51-42)48-43(47-40)36-25-31(45(3,4)5)16-17-38(36)50;/h6-23,25,50H,1-5H3;/q-1;. The quantitative estimate of drug-likeness (QED) is 0.178. The Labute approximate surface area is 316 Å². The van der Waals surface area contributed by atoms with Crippen LogP contribution >= 0.6 is 0 Å². The first kappa shape index (κ1) is 33.6. The molecule has 52 heavy (non-hydrogen) atoms. The summed E-state index contributed by atoms with van der Waals surface area (Å²) in [4.78, 5) is 15.2. The fourth-order valence-corrected chi connectivity index (χ4v) is 7.23. The number of benzene rings is 5. The van der Waals surface area contributed by atoms with Gasteiger partial charge in [-0.2, -0.15) is 0 Å². The molecule has 6 nitrogen and oxygen atoms in total. The van der Waals surface area contributed by atoms with Gasteiger partial charge in [0.15, 0.2) is 5.82 Å². The first-order chi connectivity index (χ1) is 24.6. The van der Waals surface area contributed by atoms with Gasteiger partial charge in [-0.3, -0.25) is 4.98 Å². The van der Waals surface area contributed by atoms with Crippen LogP contribution in [0.15, 0.2) is 120 Å². The third kappa shape index (κ3) is 5.59. The largest absolute Gasteiger partial charge is 0.507 e. The van der Waals surface area contributed by atoms with Gasteiger partial charge in [0, 0.05) is 49.1 Å². The van der Waals surface area contributed by atoms with Gasteiger partial charge in [0.05, 0.1) is 11.1 Å². The molecule has 9 aromatic rings. The van der Waals surface area contributed by atoms with Crippen LogP contribution in [-0.2, 0) is 26.5 Å². The predicted molar refractivity (Wildman–Crippen MR) is 206 cm³/mol. The van der Waals surface area contributed by atoms with Crippen molar-refractivity contribution in [2.45, 2.75) is 40.0 Å². The van der Waals surface area contributed by atoms with E-state index in [1.54, 1.807) is 6.07 Å². The fraction of sp³-hybridized carbons (Fsp3) is 0.133. The number of nitrogens with zero attached hydrogens (tertiary/aromatic N) is 4. The first-order valence-electron chi connectivity index (χ1n) is 17.2. The summed E-state index contributed by atoms with van der Waals surface area (Å²) < 4.78 is 8.74. The van der Waals surface area contributed by atoms with E-state index in [4.69, 9.17) is 19.4 Å². The molecule has 0 aliphatic rings. The van der Waals surface area contributed by atoms with Gasteiger partial charge in [-0.05, 0) is 78.5 Å². The Morgan fingerprint density at radius 2 is 1.44 bits per heavy atom. The summed E-state index contributed by atoms with van der Waals surface area (Å²) in [5.41, 5.74) is 11.9. The van der Waals surface area contributed by atoms with Crippen molar-refractivity contribution in [1.82, 2.24) is 19.5 Å². The number of para-hydroxylation sites is 2. The van der Waals surface area contributed by atoms with Crippen LogP contribution < -0.4 is 0 Å². The molecule has 0 amide bonds. The number of hydrogen-bond donors (Lipinski definition) is 1. The predicted octanol–water partition coefficient (Wildman–Crippen LogP) is 11.3. The van der Waals surface area contributed by atoms with Gasteiger partial charge in [-0.15, -0.1) is 23.8 Å². The van der Waals surface area contributed by atoms with Crippen molar-refractivity contribution < 1.29 is 30.6 Å². The number of pyridine rings is 1. The van der Waals surface area contributed by atoms with Gasteiger partial charge in [-0.25, -0.2) is 9.97 Å². The van der Waals surface area contributed by atoms with E-state index in [0.29, 0.717) is 33.8 Å². The molecule has 4 heterocycles. The normalized spacial score (nSPS) is 11.9. The summed E-state index contributed by atoms with van der Waals surface area (Å²) >= 11 is 0. The molecule has 0 spiro atoms. The molecule has 0 saturated carbocycles. The van der Waals surface area contributed by atoms with Crippen LogP contribution in [0.1, 0.15) is 37.5 Å². The van der Waals surface area contributed by atoms with Crippen LogP contribution in [0.2, 0.25) is 0 Å². The van der Waals surface area contributed by atoms with Crippen molar-refractivity contribution in [2.24, 2.45) is 0 Å². The van der Waals surface area contributed by atoms with Crippen LogP contribution in [0, 0.1) is 19.9 Å². The van der Waals surface area contributed by atoms with Crippen molar-refractivity contribution in [3.63, 3.8) is 0 Å². The van der Waals surface area contributed by atoms with Crippen LogP contribution in [0.5, 0.6) is 5.75 Å². The van der Waals surface area contributed by atoms with E-state index in [2.05, 4.69) is 106 Å². The summed E-state index contributed by atoms with van der Waals surface area (Å²) in [6, 6.07) is 40.7. The summed E-state index contributed by atoms with van der Waals surface area (Å²) in [5.74, 6) is 0.532. The average molecular weight is 859 g/mol. The average Bonchev–Trinajstić information content (AvgIpc) is 3.66. The molecule has 0 unspecified atom stereocenters. The summed E-state index contributed by atoms with van der Waals surface area (Å²) in [6.45, 7) is 10.7. The number of fused-ring (bicyclic) bond motifs is 6. The van der Waals surface area contributed by atoms with Gasteiger partial charge in [-0.1, -0.05) is 92.1 Å². The van der Waals surface area contributed by atoms with Crippen molar-refractivity contribution in [3.05, 3.63) is 138 Å². The van der Waals surface area contributed by atoms with Crippen LogP contribution in [0.4, 0.5) is 0 Å². The minimum absolute atomic E-state index is 0. The summed E-state index contributed by atoms with van der Waals surface area (Å²) in [6.07, 6.45) is 1.83. The molecular weight excluding hydrogens is 824 g/mol. The third-order valence-electron chi connectivity index (χ3n) is 9.66. The van der Waals surface area contributed by atoms with Crippen LogP contribution in [0.3, 0.4) is 0 Å². The van der Waals surface area contributed by atoms with E-state index < -0.39 is 0 Å². The first-order valence-corrected chi connectivity index (χ1v) is 17.2. The third-order valence-corrected chi connectivity index (χ3v) is 9.66. The minimum atomic E-state index is -0.142. The SMILES string of the molecule is Cc1cc(C)cc(-c2cc(-c3nc(-c4cc(C(C)(C)C)ccc4O)nc4c3oc3ccccc34)[c-]c(-n3c4ccccc4c4cccnc43)c2)c1.[Pt]. The molecule has 0 saturated heterocycles. The minimum Gasteiger partial charge on any atom is -0.507 e. The van der Waals surface area contributed by atoms with Gasteiger partial charge >= 0.3 is 0 Å². The zero-order valence-electron chi connectivity index (χ0n) is 29.4. The molecule has 5 aromatic carbocycles. The van der Waals surface area contributed by atoms with Crippen LogP contribution in [0.25, 0.3) is 83.5 Å². The molecule has 1 N–H and O–H groups in total. The Morgan fingerprint density at radius 1 is 0.731 bits per heavy atom. The number of aromatic nitrogens is 4. The Bertz CT molecular complexity index is 2770. The fourth-order valence-electron chi connectivity index (χ4n) is 7.23. The molecule has 0 atom stereocenters. The maximum absolute atomic E-state index is 11.2. The van der Waals surface area contributed by atoms with Gasteiger partial charge in [0.1, 0.15) is 28.1 Å². The number of phenols is 1. The molecule has 9 rings (SSSR count). The van der Waals surface area contributed by atoms with Crippen molar-refractivity contribution in [3.8, 4) is 45.2 Å². The Morgan fingerprint density at radius 3 is 2.23 bits per heavy atom. The smallest absolute Gasteiger partial charge is 0.155 e. The number of rotatable bonds is 4. The molecule has 4 aromatic heterocycles. The topological polar surface area (TPSA) is 77.0 Å². The Balaban J connectivity index is 0.00000387. The van der Waals surface area contributed by atoms with Crippen LogP contribution in [-0.4, -0.2) is 24.6 Å². The molecule has 0 fully saturated rings. The molecule has 7 heteroatoms. The Hall–Kier alpha value is -5.58. The summed E-state index contributed by atoms with van der Waals surface area (Å²) in [7, 11) is 0. The maximum Gasteiger partial charge on any atom is 0.155 e. The number of hydrogen-bond acceptors (Lipinski definition) is 5. The monoisotopic (exact) mass is 858 g/mol. The van der Waals surface area contributed by atoms with Crippen molar-refractivity contribution in [1.29, 1.82) is 0 Å². The molecule has 258 valence electrons. The van der Waals surface area contributed by atoms with E-state index in [1.807, 2.05) is 48.7 Å². The molecule has 0 radical (unpaired) electrons. The molecule has 0 aliphatic carbocycles. The second kappa shape index (κ2) is 12.6. The van der Waals surface area contributed by atoms with Gasteiger partial charge in [0.25, 0.3) is 0 Å². The van der Waals surface area contributed by atoms with Gasteiger partial charge < -0.3 is 14.1 Å². The Kier molecular flexibility index (Phi) is 8.11. The number of aromatic hydroxyl groups is 1. The van der Waals surface area contributed by atoms with E-state index in [-0.39, 0.29) is 32.2 Å². The molecular formula is C45H35N4O2Pt-. The van der Waals surface area contributed by atoms with E-state index in [9.17, 15) is 5.11 Å². The second-order valence-electron chi connectivity index (χ2n) is 14.4. The van der Waals surface area contributed by atoms with Gasteiger partial charge in [0.2, 0.25) is 0 Å². The number of phenolic OH excluding ortho intramolecular Hbond substituents is 1. The van der Waals surface area contributed by atoms with E-state index >= 15 is 0 Å². The van der Waals surface area contributed by atoms with E-state index in [1.165, 1.54) is 11.1 Å². The number of furan rings is 1. The zero-order chi connectivity index (χ0) is 35.0. The maximum atomic E-state index is 11.2. The van der Waals surface area contributed by atoms with E-state index in [0.717, 1.165) is 55.3 Å². The molecule has 0 aliphatic heterocycles. The number of aryl methyl sites for hydroxylation is 2.